The number of amides is 3. The third kappa shape index (κ3) is 7.84. The van der Waals surface area contributed by atoms with Crippen molar-refractivity contribution >= 4 is 89.4 Å². The van der Waals surface area contributed by atoms with Crippen LogP contribution in [0.25, 0.3) is 22.3 Å². The van der Waals surface area contributed by atoms with Crippen LogP contribution in [-0.2, 0) is 71.4 Å². The number of nitrogen functional groups attached to an aromatic ring is 1. The monoisotopic (exact) mass is 968 g/mol. The molecule has 0 radical (unpaired) electrons. The third-order valence-corrected chi connectivity index (χ3v) is 13.9. The number of imidazole rings is 2. The number of rotatable bonds is 9. The van der Waals surface area contributed by atoms with Crippen LogP contribution in [0.4, 0.5) is 25.2 Å². The lowest BCUT2D eigenvalue weighted by molar-refractivity contribution is -0.137. The van der Waals surface area contributed by atoms with Crippen molar-refractivity contribution in [2.75, 3.05) is 24.3 Å². The fourth-order valence-electron chi connectivity index (χ4n) is 7.75. The van der Waals surface area contributed by atoms with E-state index in [9.17, 15) is 23.8 Å². The van der Waals surface area contributed by atoms with Crippen molar-refractivity contribution in [2.45, 2.75) is 80.7 Å². The summed E-state index contributed by atoms with van der Waals surface area (Å²) in [6.07, 6.45) is -5.45. The molecule has 4 fully saturated rings. The summed E-state index contributed by atoms with van der Waals surface area (Å²) in [6.45, 7) is -9.44. The molecule has 3 amide bonds. The molecule has 4 N–H and O–H groups in total. The number of anilines is 2. The molecule has 26 nitrogen and oxygen atoms in total. The summed E-state index contributed by atoms with van der Waals surface area (Å²) in [5.74, 6) is -0.958. The van der Waals surface area contributed by atoms with Crippen LogP contribution in [0.5, 0.6) is 0 Å². The molecule has 3 unspecified atom stereocenters. The zero-order valence-electron chi connectivity index (χ0n) is 32.3. The van der Waals surface area contributed by atoms with Crippen LogP contribution in [0.1, 0.15) is 31.0 Å². The first-order valence-electron chi connectivity index (χ1n) is 19.0. The van der Waals surface area contributed by atoms with Crippen LogP contribution in [0.3, 0.4) is 0 Å². The number of alkyl halides is 2. The number of hydrogen-bond donors (Lipinski definition) is 4. The summed E-state index contributed by atoms with van der Waals surface area (Å²) in [5, 5.41) is 10.4. The highest BCUT2D eigenvalue weighted by Crippen LogP contribution is 2.67. The Labute approximate surface area is 366 Å². The lowest BCUT2D eigenvalue weighted by atomic mass is 10.1. The fraction of sp³-hybridized carbons (Fsp3) is 0.469. The van der Waals surface area contributed by atoms with Crippen LogP contribution in [-0.4, -0.2) is 137 Å². The van der Waals surface area contributed by atoms with E-state index >= 15 is 8.78 Å². The number of halogens is 2. The van der Waals surface area contributed by atoms with Crippen LogP contribution in [0.2, 0.25) is 0 Å². The normalized spacial score (nSPS) is 33.8. The molecule has 5 aliphatic rings. The molecule has 5 aromatic rings. The Morgan fingerprint density at radius 1 is 1.02 bits per heavy atom. The summed E-state index contributed by atoms with van der Waals surface area (Å²) in [6, 6.07) is 0. The minimum absolute atomic E-state index is 0.00625. The number of nitrogens with zero attached hydrogens (tertiary/aromatic N) is 12. The van der Waals surface area contributed by atoms with Gasteiger partial charge in [-0.1, -0.05) is 17.5 Å². The van der Waals surface area contributed by atoms with Gasteiger partial charge in [-0.25, -0.2) is 48.0 Å². The number of hydrogen-bond acceptors (Lipinski definition) is 21. The van der Waals surface area contributed by atoms with Gasteiger partial charge in [0.1, 0.15) is 53.9 Å². The van der Waals surface area contributed by atoms with E-state index in [1.165, 1.54) is 32.3 Å². The number of nitrogens with one attached hydrogen (secondary N) is 1. The summed E-state index contributed by atoms with van der Waals surface area (Å²) in [5.41, 5.74) is 4.91. The Morgan fingerprint density at radius 2 is 1.73 bits per heavy atom. The predicted molar refractivity (Wildman–Crippen MR) is 214 cm³/mol. The molecule has 0 aromatic carbocycles. The van der Waals surface area contributed by atoms with Gasteiger partial charge in [0.25, 0.3) is 11.8 Å². The van der Waals surface area contributed by atoms with Gasteiger partial charge < -0.3 is 29.4 Å². The molecule has 3 saturated heterocycles. The van der Waals surface area contributed by atoms with Crippen molar-refractivity contribution in [2.24, 2.45) is 0 Å². The van der Waals surface area contributed by atoms with E-state index in [0.717, 1.165) is 23.9 Å². The van der Waals surface area contributed by atoms with Gasteiger partial charge in [0, 0.05) is 31.5 Å². The lowest BCUT2D eigenvalue weighted by Crippen LogP contribution is -2.37. The van der Waals surface area contributed by atoms with Crippen LogP contribution < -0.4 is 11.1 Å². The van der Waals surface area contributed by atoms with Gasteiger partial charge in [0.15, 0.2) is 53.2 Å². The van der Waals surface area contributed by atoms with E-state index in [1.54, 1.807) is 6.20 Å². The number of thiol groups is 1. The molecule has 1 spiro atoms. The van der Waals surface area contributed by atoms with Crippen molar-refractivity contribution in [3.8, 4) is 0 Å². The van der Waals surface area contributed by atoms with E-state index in [2.05, 4.69) is 57.8 Å². The number of carbonyl (C=O) groups excluding carboxylic acids is 3. The Balaban J connectivity index is 0.798. The van der Waals surface area contributed by atoms with Crippen molar-refractivity contribution in [1.29, 1.82) is 0 Å². The molecule has 4 aliphatic heterocycles. The zero-order valence-corrected chi connectivity index (χ0v) is 35.8. The number of nitrogens with two attached hydrogens (primary N) is 1. The minimum atomic E-state index is -4.51. The molecule has 5 aromatic heterocycles. The number of imide groups is 1. The highest BCUT2D eigenvalue weighted by molar-refractivity contribution is 8.44. The van der Waals surface area contributed by atoms with Gasteiger partial charge in [0.2, 0.25) is 0 Å². The maximum atomic E-state index is 16.6. The Hall–Kier alpha value is -5.00. The molecule has 0 bridgehead atoms. The van der Waals surface area contributed by atoms with Gasteiger partial charge >= 0.3 is 19.6 Å². The molecule has 10 rings (SSSR count). The molecule has 1 saturated carbocycles. The van der Waals surface area contributed by atoms with Crippen molar-refractivity contribution in [3.05, 3.63) is 49.4 Å². The van der Waals surface area contributed by atoms with Crippen molar-refractivity contribution in [3.63, 3.8) is 0 Å². The predicted octanol–water partition coefficient (Wildman–Crippen LogP) is 1.59. The molecule has 64 heavy (non-hydrogen) atoms. The maximum absolute atomic E-state index is 16.6. The first-order valence-corrected chi connectivity index (χ1v) is 24.3. The molecular weight excluding hydrogens is 937 g/mol. The Kier molecular flexibility index (Phi) is 10.8. The fourth-order valence-corrected chi connectivity index (χ4v) is 11.0. The Morgan fingerprint density at radius 3 is 2.52 bits per heavy atom. The SMILES string of the molecule is Nc1ncnc2c1ncn2[C@@H]1OC23C[C@H]2OP(O)(=S)O[C@H]2[C@@H](F)[C@H](n4cnc5c(NC(=O)OCCCn6cc(CN7C(=O)C=CC7=O)nn6)ncnc54)O[C@@H]2COP(=O)(S)O[C@H]3[C@H]1F. The number of aromatic nitrogens is 11. The second-order valence-electron chi connectivity index (χ2n) is 14.9. The largest absolute Gasteiger partial charge is 0.449 e. The van der Waals surface area contributed by atoms with E-state index in [4.69, 9.17) is 49.8 Å². The average Bonchev–Trinajstić information content (AvgIpc) is 3.93. The molecular formula is C32H32F2N14O12P2S2. The van der Waals surface area contributed by atoms with Crippen LogP contribution in [0.15, 0.2) is 43.7 Å². The van der Waals surface area contributed by atoms with E-state index in [-0.39, 0.29) is 60.1 Å². The van der Waals surface area contributed by atoms with E-state index in [1.807, 2.05) is 0 Å². The van der Waals surface area contributed by atoms with Gasteiger partial charge in [-0.15, -0.1) is 5.10 Å². The summed E-state index contributed by atoms with van der Waals surface area (Å²) in [7, 11) is 0. The highest BCUT2D eigenvalue weighted by atomic mass is 32.7. The molecule has 338 valence electrons. The lowest BCUT2D eigenvalue weighted by Gasteiger charge is -2.29. The summed E-state index contributed by atoms with van der Waals surface area (Å²) >= 11 is 9.41. The zero-order chi connectivity index (χ0) is 44.7. The summed E-state index contributed by atoms with van der Waals surface area (Å²) < 4.78 is 90.9. The first kappa shape index (κ1) is 42.9. The standard InChI is InChI=1S/C32H32F2N14O12P2S2/c33-19-23-15(9-55-61(52,63)60-24-20(34)30(48-12-40-21-25(35)36-10-38-27(21)48)57-32(24)6-16(32)58-62(53,64)59-23)56-29(19)47-13-41-22-26(37-11-39-28(22)47)42-31(51)54-5-1-4-45-7-14(43-44-45)8-46-17(49)2-3-18(46)50/h2-3,7,10-13,15-16,19-20,23-24,29-30H,1,4-6,8-9H2,(H,52,63)(H,53,64)(H2,35,36,38)(H,37,39,42,51)/t15-,16-,19-,20-,23-,24+,29-,30-,32?,61?,62?/m1/s1. The van der Waals surface area contributed by atoms with Gasteiger partial charge in [-0.3, -0.25) is 47.2 Å². The maximum Gasteiger partial charge on any atom is 0.412 e. The molecule has 32 heteroatoms. The molecule has 11 atom stereocenters. The average molecular weight is 969 g/mol. The van der Waals surface area contributed by atoms with Crippen LogP contribution >= 0.6 is 25.8 Å². The second-order valence-corrected chi connectivity index (χ2v) is 20.5. The van der Waals surface area contributed by atoms with Gasteiger partial charge in [0.05, 0.1) is 38.6 Å². The number of aryl methyl sites for hydroxylation is 1. The quantitative estimate of drug-likeness (QED) is 0.0705. The second kappa shape index (κ2) is 16.2. The number of carbonyl (C=O) groups is 3. The Bertz CT molecular complexity index is 2820. The van der Waals surface area contributed by atoms with Crippen molar-refractivity contribution < 1.29 is 64.9 Å². The first-order chi connectivity index (χ1) is 30.6. The smallest absolute Gasteiger partial charge is 0.412 e. The summed E-state index contributed by atoms with van der Waals surface area (Å²) in [4.78, 5) is 73.4. The van der Waals surface area contributed by atoms with Gasteiger partial charge in [-0.2, -0.15) is 0 Å². The van der Waals surface area contributed by atoms with Gasteiger partial charge in [-0.05, 0) is 11.8 Å². The number of fused-ring (bicyclic) bond motifs is 3. The van der Waals surface area contributed by atoms with E-state index in [0.29, 0.717) is 12.1 Å². The topological polar surface area (TPSA) is 312 Å². The van der Waals surface area contributed by atoms with Crippen LogP contribution in [0, 0.1) is 0 Å². The molecule has 9 heterocycles. The number of ether oxygens (including phenoxy) is 3. The minimum Gasteiger partial charge on any atom is -0.449 e. The highest BCUT2D eigenvalue weighted by Gasteiger charge is 2.74. The third-order valence-electron chi connectivity index (χ3n) is 10.8. The van der Waals surface area contributed by atoms with Crippen molar-refractivity contribution in [1.82, 2.24) is 58.9 Å². The van der Waals surface area contributed by atoms with E-state index < -0.39 is 92.8 Å². The molecule has 1 aliphatic carbocycles.